The normalized spacial score (nSPS) is 14.9. The van der Waals surface area contributed by atoms with Crippen LogP contribution in [0.4, 0.5) is 5.69 Å². The highest BCUT2D eigenvalue weighted by Gasteiger charge is 2.30. The quantitative estimate of drug-likeness (QED) is 0.742. The number of nitrogens with one attached hydrogen (secondary N) is 1. The molecule has 1 N–H and O–H groups in total. The lowest BCUT2D eigenvalue weighted by Crippen LogP contribution is -2.43. The predicted molar refractivity (Wildman–Crippen MR) is 104 cm³/mol. The van der Waals surface area contributed by atoms with Gasteiger partial charge in [-0.25, -0.2) is 4.79 Å². The molecule has 0 aliphatic carbocycles. The van der Waals surface area contributed by atoms with E-state index in [0.29, 0.717) is 37.2 Å². The number of hydrogen-bond acceptors (Lipinski definition) is 4. The molecule has 0 saturated carbocycles. The highest BCUT2D eigenvalue weighted by atomic mass is 16.5. The topological polar surface area (TPSA) is 75.7 Å². The smallest absolute Gasteiger partial charge is 0.340 e. The summed E-state index contributed by atoms with van der Waals surface area (Å²) < 4.78 is 5.05. The van der Waals surface area contributed by atoms with E-state index >= 15 is 0 Å². The van der Waals surface area contributed by atoms with Gasteiger partial charge >= 0.3 is 5.97 Å². The first-order valence-corrected chi connectivity index (χ1v) is 9.87. The van der Waals surface area contributed by atoms with Crippen molar-refractivity contribution in [2.45, 2.75) is 46.5 Å². The minimum Gasteiger partial charge on any atom is -0.462 e. The molecule has 1 fully saturated rings. The van der Waals surface area contributed by atoms with E-state index in [-0.39, 0.29) is 30.3 Å². The molecule has 0 aromatic heterocycles. The summed E-state index contributed by atoms with van der Waals surface area (Å²) in [5.74, 6) is -0.440. The average molecular weight is 374 g/mol. The van der Waals surface area contributed by atoms with Crippen molar-refractivity contribution in [3.05, 3.63) is 29.8 Å². The summed E-state index contributed by atoms with van der Waals surface area (Å²) in [5.41, 5.74) is 0.825. The summed E-state index contributed by atoms with van der Waals surface area (Å²) in [7, 11) is 0. The second-order valence-electron chi connectivity index (χ2n) is 6.87. The zero-order valence-corrected chi connectivity index (χ0v) is 16.5. The van der Waals surface area contributed by atoms with Gasteiger partial charge in [-0.1, -0.05) is 26.0 Å². The van der Waals surface area contributed by atoms with Crippen LogP contribution >= 0.6 is 0 Å². The van der Waals surface area contributed by atoms with E-state index in [4.69, 9.17) is 4.74 Å². The first-order valence-electron chi connectivity index (χ1n) is 9.87. The minimum atomic E-state index is -0.445. The summed E-state index contributed by atoms with van der Waals surface area (Å²) in [5, 5.41) is 2.87. The Hall–Kier alpha value is -2.37. The highest BCUT2D eigenvalue weighted by Crippen LogP contribution is 2.24. The third kappa shape index (κ3) is 5.31. The molecule has 148 valence electrons. The van der Waals surface area contributed by atoms with Crippen LogP contribution in [0.2, 0.25) is 0 Å². The van der Waals surface area contributed by atoms with Crippen molar-refractivity contribution in [3.63, 3.8) is 0 Å². The van der Waals surface area contributed by atoms with E-state index in [1.54, 1.807) is 31.2 Å². The Morgan fingerprint density at radius 2 is 1.74 bits per heavy atom. The molecule has 0 spiro atoms. The van der Waals surface area contributed by atoms with Crippen LogP contribution in [-0.2, 0) is 14.3 Å². The monoisotopic (exact) mass is 374 g/mol. The molecule has 2 amide bonds. The third-order valence-corrected chi connectivity index (χ3v) is 5.19. The summed E-state index contributed by atoms with van der Waals surface area (Å²) in [6, 6.07) is 6.86. The van der Waals surface area contributed by atoms with Crippen molar-refractivity contribution < 1.29 is 19.1 Å². The number of para-hydroxylation sites is 1. The molecule has 0 bridgehead atoms. The molecule has 6 nitrogen and oxygen atoms in total. The molecule has 1 aromatic carbocycles. The largest absolute Gasteiger partial charge is 0.462 e. The minimum absolute atomic E-state index is 0.0758. The molecular weight excluding hydrogens is 344 g/mol. The van der Waals surface area contributed by atoms with Crippen molar-refractivity contribution in [3.8, 4) is 0 Å². The number of ether oxygens (including phenoxy) is 1. The molecule has 0 unspecified atom stereocenters. The average Bonchev–Trinajstić information content (AvgIpc) is 2.69. The molecule has 1 aromatic rings. The summed E-state index contributed by atoms with van der Waals surface area (Å²) in [6.07, 6.45) is 2.97. The maximum absolute atomic E-state index is 12.7. The van der Waals surface area contributed by atoms with Crippen LogP contribution in [0, 0.1) is 11.8 Å². The van der Waals surface area contributed by atoms with Gasteiger partial charge in [0.25, 0.3) is 0 Å². The molecule has 0 radical (unpaired) electrons. The van der Waals surface area contributed by atoms with Gasteiger partial charge < -0.3 is 15.0 Å². The Morgan fingerprint density at radius 3 is 2.33 bits per heavy atom. The maximum atomic E-state index is 12.7. The number of anilines is 1. The number of esters is 1. The SMILES string of the molecule is CCOC(=O)c1ccccc1NC(=O)C1CCN(C(=O)C(CC)CC)CC1. The molecule has 1 aliphatic heterocycles. The zero-order valence-electron chi connectivity index (χ0n) is 16.5. The summed E-state index contributed by atoms with van der Waals surface area (Å²) in [4.78, 5) is 39.1. The van der Waals surface area contributed by atoms with Gasteiger partial charge in [0.1, 0.15) is 0 Å². The first-order chi connectivity index (χ1) is 13.0. The fourth-order valence-electron chi connectivity index (χ4n) is 3.47. The van der Waals surface area contributed by atoms with Crippen LogP contribution in [0.5, 0.6) is 0 Å². The van der Waals surface area contributed by atoms with Gasteiger partial charge in [0.05, 0.1) is 17.9 Å². The zero-order chi connectivity index (χ0) is 19.8. The summed E-state index contributed by atoms with van der Waals surface area (Å²) in [6.45, 7) is 7.31. The lowest BCUT2D eigenvalue weighted by molar-refractivity contribution is -0.138. The van der Waals surface area contributed by atoms with E-state index in [9.17, 15) is 14.4 Å². The van der Waals surface area contributed by atoms with Crippen molar-refractivity contribution in [1.29, 1.82) is 0 Å². The van der Waals surface area contributed by atoms with Crippen LogP contribution in [0.25, 0.3) is 0 Å². The number of carbonyl (C=O) groups is 3. The van der Waals surface area contributed by atoms with Crippen molar-refractivity contribution >= 4 is 23.5 Å². The fourth-order valence-corrected chi connectivity index (χ4v) is 3.47. The number of nitrogens with zero attached hydrogens (tertiary/aromatic N) is 1. The van der Waals surface area contributed by atoms with Crippen LogP contribution in [0.15, 0.2) is 24.3 Å². The maximum Gasteiger partial charge on any atom is 0.340 e. The lowest BCUT2D eigenvalue weighted by Gasteiger charge is -2.33. The molecule has 1 heterocycles. The van der Waals surface area contributed by atoms with Crippen molar-refractivity contribution in [2.75, 3.05) is 25.0 Å². The first kappa shape index (κ1) is 20.9. The Bertz CT molecular complexity index is 662. The molecule has 2 rings (SSSR count). The Morgan fingerprint density at radius 1 is 1.11 bits per heavy atom. The van der Waals surface area contributed by atoms with E-state index < -0.39 is 5.97 Å². The standard InChI is InChI=1S/C21H30N2O4/c1-4-15(5-2)20(25)23-13-11-16(12-14-23)19(24)22-18-10-8-7-9-17(18)21(26)27-6-3/h7-10,15-16H,4-6,11-14H2,1-3H3,(H,22,24). The molecule has 0 atom stereocenters. The second kappa shape index (κ2) is 10.1. The van der Waals surface area contributed by atoms with E-state index in [2.05, 4.69) is 5.32 Å². The van der Waals surface area contributed by atoms with Gasteiger partial charge in [-0.3, -0.25) is 9.59 Å². The number of piperidine rings is 1. The number of likely N-dealkylation sites (tertiary alicyclic amines) is 1. The van der Waals surface area contributed by atoms with Gasteiger partial charge in [-0.05, 0) is 44.7 Å². The molecule has 1 aliphatic rings. The second-order valence-corrected chi connectivity index (χ2v) is 6.87. The van der Waals surface area contributed by atoms with Gasteiger partial charge in [-0.15, -0.1) is 0 Å². The molecule has 1 saturated heterocycles. The number of rotatable bonds is 7. The molecule has 6 heteroatoms. The van der Waals surface area contributed by atoms with Crippen LogP contribution in [0.1, 0.15) is 56.8 Å². The van der Waals surface area contributed by atoms with Gasteiger partial charge in [-0.2, -0.15) is 0 Å². The number of hydrogen-bond donors (Lipinski definition) is 1. The van der Waals surface area contributed by atoms with Crippen LogP contribution in [0.3, 0.4) is 0 Å². The highest BCUT2D eigenvalue weighted by molar-refractivity contribution is 6.01. The van der Waals surface area contributed by atoms with E-state index in [1.807, 2.05) is 18.7 Å². The van der Waals surface area contributed by atoms with Gasteiger partial charge in [0.15, 0.2) is 0 Å². The Kier molecular flexibility index (Phi) is 7.82. The van der Waals surface area contributed by atoms with Crippen LogP contribution in [-0.4, -0.2) is 42.4 Å². The number of benzene rings is 1. The van der Waals surface area contributed by atoms with Gasteiger partial charge in [0.2, 0.25) is 11.8 Å². The van der Waals surface area contributed by atoms with Crippen LogP contribution < -0.4 is 5.32 Å². The molecule has 27 heavy (non-hydrogen) atoms. The van der Waals surface area contributed by atoms with Crippen molar-refractivity contribution in [2.24, 2.45) is 11.8 Å². The number of carbonyl (C=O) groups excluding carboxylic acids is 3. The summed E-state index contributed by atoms with van der Waals surface area (Å²) >= 11 is 0. The van der Waals surface area contributed by atoms with Gasteiger partial charge in [0, 0.05) is 24.9 Å². The third-order valence-electron chi connectivity index (χ3n) is 5.19. The predicted octanol–water partition coefficient (Wildman–Crippen LogP) is 3.48. The fraction of sp³-hybridized carbons (Fsp3) is 0.571. The Balaban J connectivity index is 1.96. The van der Waals surface area contributed by atoms with E-state index in [1.165, 1.54) is 0 Å². The number of amides is 2. The van der Waals surface area contributed by atoms with E-state index in [0.717, 1.165) is 12.8 Å². The van der Waals surface area contributed by atoms with Crippen molar-refractivity contribution in [1.82, 2.24) is 4.90 Å². The Labute approximate surface area is 161 Å². The lowest BCUT2D eigenvalue weighted by atomic mass is 9.93. The molecular formula is C21H30N2O4.